The number of carbonyl (C=O) groups is 1. The second kappa shape index (κ2) is 7.15. The van der Waals surface area contributed by atoms with E-state index in [1.807, 2.05) is 0 Å². The number of halogens is 1. The van der Waals surface area contributed by atoms with Crippen molar-refractivity contribution in [3.05, 3.63) is 58.9 Å². The molecular weight excluding hydrogens is 375 g/mol. The average molecular weight is 409 g/mol. The van der Waals surface area contributed by atoms with Gasteiger partial charge in [-0.05, 0) is 109 Å². The first-order chi connectivity index (χ1) is 14.4. The van der Waals surface area contributed by atoms with E-state index < -0.39 is 0 Å². The molecule has 3 heteroatoms. The van der Waals surface area contributed by atoms with Gasteiger partial charge >= 0.3 is 0 Å². The number of hydrogen-bond acceptors (Lipinski definition) is 2. The molecule has 1 aromatic carbocycles. The molecule has 0 aromatic heterocycles. The highest BCUT2D eigenvalue weighted by Crippen LogP contribution is 2.66. The highest BCUT2D eigenvalue weighted by atomic mass is 19.1. The van der Waals surface area contributed by atoms with Gasteiger partial charge < -0.3 is 5.11 Å². The van der Waals surface area contributed by atoms with E-state index in [0.717, 1.165) is 38.5 Å². The number of Topliss-reactive ketones (excluding diaryl/α,β-unsaturated/α-hetero) is 1. The SMILES string of the molecule is C[C@]12CC[C@H]3[C@@H](CC=C4C=C(CO)CC[C@@]43C)[C@@H]1CC[C@@H]2C(=O)c1ccc(F)cc1. The molecule has 0 unspecified atom stereocenters. The molecule has 1 N–H and O–H groups in total. The predicted octanol–water partition coefficient (Wildman–Crippen LogP) is 6.12. The van der Waals surface area contributed by atoms with Gasteiger partial charge in [0.1, 0.15) is 5.82 Å². The lowest BCUT2D eigenvalue weighted by Gasteiger charge is -2.57. The Hall–Kier alpha value is -1.74. The quantitative estimate of drug-likeness (QED) is 0.612. The lowest BCUT2D eigenvalue weighted by atomic mass is 9.47. The highest BCUT2D eigenvalue weighted by Gasteiger charge is 2.59. The van der Waals surface area contributed by atoms with Gasteiger partial charge in [-0.1, -0.05) is 26.0 Å². The number of aliphatic hydroxyl groups excluding tert-OH is 1. The minimum atomic E-state index is -0.286. The second-order valence-electron chi connectivity index (χ2n) is 10.7. The number of rotatable bonds is 3. The first-order valence-corrected chi connectivity index (χ1v) is 11.7. The Morgan fingerprint density at radius 2 is 1.87 bits per heavy atom. The number of benzene rings is 1. The summed E-state index contributed by atoms with van der Waals surface area (Å²) in [6.45, 7) is 4.98. The summed E-state index contributed by atoms with van der Waals surface area (Å²) < 4.78 is 13.3. The fourth-order valence-electron chi connectivity index (χ4n) is 7.75. The number of fused-ring (bicyclic) bond motifs is 5. The third-order valence-corrected chi connectivity index (χ3v) is 9.50. The second-order valence-corrected chi connectivity index (χ2v) is 10.7. The molecule has 2 saturated carbocycles. The Morgan fingerprint density at radius 1 is 1.10 bits per heavy atom. The van der Waals surface area contributed by atoms with Crippen LogP contribution in [0.3, 0.4) is 0 Å². The van der Waals surface area contributed by atoms with E-state index in [0.29, 0.717) is 23.3 Å². The standard InChI is InChI=1S/C27H33FO2/c1-26-13-11-17(16-29)15-19(26)5-8-21-22-9-10-24(27(22,2)14-12-23(21)26)25(30)18-3-6-20(28)7-4-18/h3-7,15,21-24,29H,8-14,16H2,1-2H3/t21-,22-,23-,24+,26-,27-/m0/s1. The Kier molecular flexibility index (Phi) is 4.81. The van der Waals surface area contributed by atoms with Crippen LogP contribution in [-0.2, 0) is 0 Å². The molecule has 160 valence electrons. The summed E-state index contributed by atoms with van der Waals surface area (Å²) in [5, 5.41) is 9.60. The fourth-order valence-corrected chi connectivity index (χ4v) is 7.75. The summed E-state index contributed by atoms with van der Waals surface area (Å²) in [6.07, 6.45) is 12.3. The van der Waals surface area contributed by atoms with Crippen LogP contribution in [0.15, 0.2) is 47.6 Å². The lowest BCUT2D eigenvalue weighted by molar-refractivity contribution is -0.0317. The Morgan fingerprint density at radius 3 is 2.60 bits per heavy atom. The zero-order valence-electron chi connectivity index (χ0n) is 18.2. The Balaban J connectivity index is 1.43. The largest absolute Gasteiger partial charge is 0.392 e. The van der Waals surface area contributed by atoms with E-state index >= 15 is 0 Å². The minimum absolute atomic E-state index is 0.0507. The molecule has 0 radical (unpaired) electrons. The third-order valence-electron chi connectivity index (χ3n) is 9.50. The summed E-state index contributed by atoms with van der Waals surface area (Å²) in [6, 6.07) is 6.13. The van der Waals surface area contributed by atoms with Crippen LogP contribution < -0.4 is 0 Å². The molecule has 0 spiro atoms. The van der Waals surface area contributed by atoms with Crippen molar-refractivity contribution in [3.63, 3.8) is 0 Å². The number of hydrogen-bond donors (Lipinski definition) is 1. The molecule has 0 saturated heterocycles. The van der Waals surface area contributed by atoms with Crippen molar-refractivity contribution in [1.82, 2.24) is 0 Å². The molecule has 30 heavy (non-hydrogen) atoms. The van der Waals surface area contributed by atoms with Crippen LogP contribution in [0.2, 0.25) is 0 Å². The zero-order chi connectivity index (χ0) is 21.1. The van der Waals surface area contributed by atoms with Crippen molar-refractivity contribution < 1.29 is 14.3 Å². The number of ketones is 1. The number of allylic oxidation sites excluding steroid dienone is 3. The van der Waals surface area contributed by atoms with E-state index in [1.54, 1.807) is 12.1 Å². The van der Waals surface area contributed by atoms with Gasteiger partial charge in [-0.3, -0.25) is 4.79 Å². The molecule has 0 amide bonds. The van der Waals surface area contributed by atoms with Gasteiger partial charge in [0.15, 0.2) is 5.78 Å². The molecule has 2 fully saturated rings. The first kappa shape index (κ1) is 20.2. The van der Waals surface area contributed by atoms with Gasteiger partial charge in [0.25, 0.3) is 0 Å². The van der Waals surface area contributed by atoms with Crippen molar-refractivity contribution in [2.45, 2.75) is 58.8 Å². The molecule has 6 atom stereocenters. The van der Waals surface area contributed by atoms with Crippen LogP contribution in [0.1, 0.15) is 69.2 Å². The fraction of sp³-hybridized carbons (Fsp3) is 0.593. The summed E-state index contributed by atoms with van der Waals surface area (Å²) in [7, 11) is 0. The summed E-state index contributed by atoms with van der Waals surface area (Å²) in [4.78, 5) is 13.4. The minimum Gasteiger partial charge on any atom is -0.392 e. The van der Waals surface area contributed by atoms with Crippen molar-refractivity contribution >= 4 is 5.78 Å². The Labute approximate surface area is 179 Å². The van der Waals surface area contributed by atoms with E-state index in [9.17, 15) is 14.3 Å². The zero-order valence-corrected chi connectivity index (χ0v) is 18.2. The van der Waals surface area contributed by atoms with Crippen molar-refractivity contribution in [2.75, 3.05) is 6.61 Å². The number of aliphatic hydroxyl groups is 1. The normalized spacial score (nSPS) is 40.0. The molecule has 0 bridgehead atoms. The molecule has 0 heterocycles. The summed E-state index contributed by atoms with van der Waals surface area (Å²) in [5.74, 6) is 1.89. The molecule has 4 aliphatic rings. The number of carbonyl (C=O) groups excluding carboxylic acids is 1. The summed E-state index contributed by atoms with van der Waals surface area (Å²) >= 11 is 0. The van der Waals surface area contributed by atoms with Gasteiger partial charge in [-0.25, -0.2) is 4.39 Å². The molecule has 0 aliphatic heterocycles. The van der Waals surface area contributed by atoms with Gasteiger partial charge in [0, 0.05) is 11.5 Å². The topological polar surface area (TPSA) is 37.3 Å². The van der Waals surface area contributed by atoms with Crippen molar-refractivity contribution in [1.29, 1.82) is 0 Å². The third kappa shape index (κ3) is 2.88. The van der Waals surface area contributed by atoms with E-state index in [-0.39, 0.29) is 35.0 Å². The van der Waals surface area contributed by atoms with Crippen LogP contribution in [-0.4, -0.2) is 17.5 Å². The predicted molar refractivity (Wildman–Crippen MR) is 116 cm³/mol. The molecular formula is C27H33FO2. The van der Waals surface area contributed by atoms with Gasteiger partial charge in [0.05, 0.1) is 6.61 Å². The van der Waals surface area contributed by atoms with Crippen LogP contribution in [0.4, 0.5) is 4.39 Å². The monoisotopic (exact) mass is 408 g/mol. The maximum Gasteiger partial charge on any atom is 0.166 e. The maximum absolute atomic E-state index is 13.4. The highest BCUT2D eigenvalue weighted by molar-refractivity contribution is 5.98. The first-order valence-electron chi connectivity index (χ1n) is 11.7. The molecule has 4 aliphatic carbocycles. The van der Waals surface area contributed by atoms with E-state index in [4.69, 9.17) is 0 Å². The maximum atomic E-state index is 13.4. The average Bonchev–Trinajstić information content (AvgIpc) is 3.10. The Bertz CT molecular complexity index is 913. The molecule has 5 rings (SSSR count). The van der Waals surface area contributed by atoms with Gasteiger partial charge in [0.2, 0.25) is 0 Å². The van der Waals surface area contributed by atoms with E-state index in [2.05, 4.69) is 26.0 Å². The van der Waals surface area contributed by atoms with Crippen molar-refractivity contribution in [3.8, 4) is 0 Å². The van der Waals surface area contributed by atoms with Crippen molar-refractivity contribution in [2.24, 2.45) is 34.5 Å². The lowest BCUT2D eigenvalue weighted by Crippen LogP contribution is -2.50. The van der Waals surface area contributed by atoms with E-state index in [1.165, 1.54) is 29.7 Å². The van der Waals surface area contributed by atoms with Gasteiger partial charge in [-0.2, -0.15) is 0 Å². The molecule has 1 aromatic rings. The molecule has 2 nitrogen and oxygen atoms in total. The van der Waals surface area contributed by atoms with Crippen LogP contribution in [0.5, 0.6) is 0 Å². The summed E-state index contributed by atoms with van der Waals surface area (Å²) in [5.41, 5.74) is 3.54. The smallest absolute Gasteiger partial charge is 0.166 e. The van der Waals surface area contributed by atoms with Crippen LogP contribution in [0.25, 0.3) is 0 Å². The van der Waals surface area contributed by atoms with Crippen LogP contribution >= 0.6 is 0 Å². The van der Waals surface area contributed by atoms with Gasteiger partial charge in [-0.15, -0.1) is 0 Å². The van der Waals surface area contributed by atoms with Crippen LogP contribution in [0, 0.1) is 40.3 Å².